The van der Waals surface area contributed by atoms with Gasteiger partial charge in [0.2, 0.25) is 21.8 Å². The smallest absolute Gasteiger partial charge is 0.244 e. The fourth-order valence-electron chi connectivity index (χ4n) is 4.55. The molecule has 0 spiro atoms. The molecule has 0 bridgehead atoms. The van der Waals surface area contributed by atoms with Gasteiger partial charge in [-0.2, -0.15) is 0 Å². The molecule has 39 heavy (non-hydrogen) atoms. The van der Waals surface area contributed by atoms with E-state index in [-0.39, 0.29) is 18.5 Å². The summed E-state index contributed by atoms with van der Waals surface area (Å²) in [6.07, 6.45) is 1.19. The van der Waals surface area contributed by atoms with E-state index in [1.807, 2.05) is 48.5 Å². The summed E-state index contributed by atoms with van der Waals surface area (Å²) in [6.45, 7) is -0.785. The molecule has 4 aromatic carbocycles. The third-order valence-electron chi connectivity index (χ3n) is 6.53. The van der Waals surface area contributed by atoms with Gasteiger partial charge in [-0.3, -0.25) is 13.9 Å². The van der Waals surface area contributed by atoms with Crippen LogP contribution in [0.3, 0.4) is 0 Å². The standard InChI is InChI=1S/C30H30FN3O4S/c1-32-30(36)28(19-22-11-4-3-5-12-22)33(20-24-14-7-9-17-26(24)31)29(35)21-34(39(2,37)38)27-18-10-15-23-13-6-8-16-25(23)27/h3-18,28H,19-21H2,1-2H3,(H,32,36)/t28-/m1/s1. The molecule has 0 heterocycles. The number of nitrogens with one attached hydrogen (secondary N) is 1. The number of nitrogens with zero attached hydrogens (tertiary/aromatic N) is 2. The zero-order valence-corrected chi connectivity index (χ0v) is 22.6. The van der Waals surface area contributed by atoms with Crippen molar-refractivity contribution in [3.63, 3.8) is 0 Å². The van der Waals surface area contributed by atoms with E-state index in [0.717, 1.165) is 21.5 Å². The van der Waals surface area contributed by atoms with Gasteiger partial charge in [0.15, 0.2) is 0 Å². The zero-order chi connectivity index (χ0) is 28.0. The number of carbonyl (C=O) groups excluding carboxylic acids is 2. The van der Waals surface area contributed by atoms with Gasteiger partial charge in [-0.05, 0) is 23.1 Å². The quantitative estimate of drug-likeness (QED) is 0.324. The van der Waals surface area contributed by atoms with Gasteiger partial charge < -0.3 is 10.2 Å². The van der Waals surface area contributed by atoms with Crippen LogP contribution in [0.4, 0.5) is 10.1 Å². The van der Waals surface area contributed by atoms with Gasteiger partial charge in [-0.1, -0.05) is 84.9 Å². The van der Waals surface area contributed by atoms with Crippen LogP contribution in [0.2, 0.25) is 0 Å². The van der Waals surface area contributed by atoms with Crippen molar-refractivity contribution in [2.75, 3.05) is 24.2 Å². The van der Waals surface area contributed by atoms with Gasteiger partial charge >= 0.3 is 0 Å². The summed E-state index contributed by atoms with van der Waals surface area (Å²) in [4.78, 5) is 28.4. The summed E-state index contributed by atoms with van der Waals surface area (Å²) in [5.74, 6) is -1.61. The van der Waals surface area contributed by atoms with Crippen molar-refractivity contribution >= 4 is 38.3 Å². The minimum atomic E-state index is -3.92. The van der Waals surface area contributed by atoms with E-state index in [0.29, 0.717) is 11.1 Å². The second kappa shape index (κ2) is 12.1. The van der Waals surface area contributed by atoms with E-state index in [2.05, 4.69) is 5.32 Å². The fraction of sp³-hybridized carbons (Fsp3) is 0.200. The lowest BCUT2D eigenvalue weighted by Gasteiger charge is -2.33. The van der Waals surface area contributed by atoms with Crippen LogP contribution in [0.15, 0.2) is 97.1 Å². The lowest BCUT2D eigenvalue weighted by Crippen LogP contribution is -2.53. The van der Waals surface area contributed by atoms with Crippen LogP contribution in [-0.2, 0) is 32.6 Å². The van der Waals surface area contributed by atoms with Gasteiger partial charge in [0, 0.05) is 31.0 Å². The molecule has 4 aromatic rings. The number of benzene rings is 4. The first-order valence-corrected chi connectivity index (χ1v) is 14.3. The van der Waals surface area contributed by atoms with Crippen molar-refractivity contribution in [1.29, 1.82) is 0 Å². The molecule has 0 unspecified atom stereocenters. The molecular formula is C30H30FN3O4S. The largest absolute Gasteiger partial charge is 0.357 e. The predicted octanol–water partition coefficient (Wildman–Crippen LogP) is 4.13. The minimum Gasteiger partial charge on any atom is -0.357 e. The molecule has 0 aromatic heterocycles. The van der Waals surface area contributed by atoms with E-state index in [1.165, 1.54) is 30.1 Å². The highest BCUT2D eigenvalue weighted by Gasteiger charge is 2.33. The second-order valence-electron chi connectivity index (χ2n) is 9.20. The van der Waals surface area contributed by atoms with Crippen LogP contribution >= 0.6 is 0 Å². The van der Waals surface area contributed by atoms with Crippen molar-refractivity contribution < 1.29 is 22.4 Å². The van der Waals surface area contributed by atoms with E-state index >= 15 is 0 Å². The first kappa shape index (κ1) is 27.8. The minimum absolute atomic E-state index is 0.161. The molecule has 0 aliphatic heterocycles. The Labute approximate surface area is 227 Å². The third kappa shape index (κ3) is 6.61. The van der Waals surface area contributed by atoms with Crippen LogP contribution in [0.1, 0.15) is 11.1 Å². The first-order valence-electron chi connectivity index (χ1n) is 12.4. The summed E-state index contributed by atoms with van der Waals surface area (Å²) >= 11 is 0. The average molecular weight is 548 g/mol. The Hall–Kier alpha value is -4.24. The van der Waals surface area contributed by atoms with Crippen molar-refractivity contribution in [1.82, 2.24) is 10.2 Å². The third-order valence-corrected chi connectivity index (χ3v) is 7.66. The Kier molecular flexibility index (Phi) is 8.61. The van der Waals surface area contributed by atoms with Crippen molar-refractivity contribution in [3.05, 3.63) is 114 Å². The van der Waals surface area contributed by atoms with E-state index < -0.39 is 40.2 Å². The van der Waals surface area contributed by atoms with Gasteiger partial charge in [0.05, 0.1) is 11.9 Å². The summed E-state index contributed by atoms with van der Waals surface area (Å²) in [5.41, 5.74) is 1.35. The molecule has 0 radical (unpaired) electrons. The summed E-state index contributed by atoms with van der Waals surface area (Å²) in [6, 6.07) is 26.6. The Bertz CT molecular complexity index is 1570. The number of sulfonamides is 1. The van der Waals surface area contributed by atoms with Crippen LogP contribution in [0.25, 0.3) is 10.8 Å². The summed E-state index contributed by atoms with van der Waals surface area (Å²) < 4.78 is 41.8. The molecule has 7 nitrogen and oxygen atoms in total. The number of rotatable bonds is 10. The maximum atomic E-state index is 14.7. The molecule has 4 rings (SSSR count). The Morgan fingerprint density at radius 1 is 0.872 bits per heavy atom. The number of fused-ring (bicyclic) bond motifs is 1. The highest BCUT2D eigenvalue weighted by Crippen LogP contribution is 2.29. The first-order chi connectivity index (χ1) is 18.7. The van der Waals surface area contributed by atoms with E-state index in [4.69, 9.17) is 0 Å². The molecule has 202 valence electrons. The average Bonchev–Trinajstić information content (AvgIpc) is 2.93. The number of likely N-dealkylation sites (N-methyl/N-ethyl adjacent to an activating group) is 1. The number of hydrogen-bond donors (Lipinski definition) is 1. The maximum Gasteiger partial charge on any atom is 0.244 e. The topological polar surface area (TPSA) is 86.8 Å². The van der Waals surface area contributed by atoms with Crippen molar-refractivity contribution in [2.24, 2.45) is 0 Å². The van der Waals surface area contributed by atoms with Gasteiger partial charge in [0.1, 0.15) is 18.4 Å². The fourth-order valence-corrected chi connectivity index (χ4v) is 5.41. The Morgan fingerprint density at radius 2 is 1.51 bits per heavy atom. The van der Waals surface area contributed by atoms with Gasteiger partial charge in [-0.15, -0.1) is 0 Å². The van der Waals surface area contributed by atoms with E-state index in [1.54, 1.807) is 30.3 Å². The lowest BCUT2D eigenvalue weighted by molar-refractivity contribution is -0.139. The Morgan fingerprint density at radius 3 is 2.21 bits per heavy atom. The Balaban J connectivity index is 1.77. The molecule has 0 fully saturated rings. The van der Waals surface area contributed by atoms with Crippen molar-refractivity contribution in [3.8, 4) is 0 Å². The van der Waals surface area contributed by atoms with Crippen LogP contribution in [0, 0.1) is 5.82 Å². The van der Waals surface area contributed by atoms with Crippen LogP contribution < -0.4 is 9.62 Å². The van der Waals surface area contributed by atoms with Crippen LogP contribution in [-0.4, -0.2) is 51.0 Å². The number of hydrogen-bond acceptors (Lipinski definition) is 4. The highest BCUT2D eigenvalue weighted by atomic mass is 32.2. The molecule has 0 aliphatic rings. The number of halogens is 1. The summed E-state index contributed by atoms with van der Waals surface area (Å²) in [5, 5.41) is 4.07. The molecular weight excluding hydrogens is 517 g/mol. The van der Waals surface area contributed by atoms with Gasteiger partial charge in [-0.25, -0.2) is 12.8 Å². The molecule has 2 amide bonds. The number of amides is 2. The maximum absolute atomic E-state index is 14.7. The second-order valence-corrected chi connectivity index (χ2v) is 11.1. The van der Waals surface area contributed by atoms with Gasteiger partial charge in [0.25, 0.3) is 0 Å². The van der Waals surface area contributed by atoms with E-state index in [9.17, 15) is 22.4 Å². The monoisotopic (exact) mass is 547 g/mol. The SMILES string of the molecule is CNC(=O)[C@@H](Cc1ccccc1)N(Cc1ccccc1F)C(=O)CN(c1cccc2ccccc12)S(C)(=O)=O. The molecule has 0 saturated heterocycles. The molecule has 1 atom stereocenters. The molecule has 1 N–H and O–H groups in total. The summed E-state index contributed by atoms with van der Waals surface area (Å²) in [7, 11) is -2.45. The predicted molar refractivity (Wildman–Crippen MR) is 151 cm³/mol. The normalized spacial score (nSPS) is 12.1. The molecule has 0 saturated carbocycles. The zero-order valence-electron chi connectivity index (χ0n) is 21.7. The lowest BCUT2D eigenvalue weighted by atomic mass is 10.0. The van der Waals surface area contributed by atoms with Crippen molar-refractivity contribution in [2.45, 2.75) is 19.0 Å². The number of carbonyl (C=O) groups is 2. The highest BCUT2D eigenvalue weighted by molar-refractivity contribution is 7.92. The molecule has 9 heteroatoms. The number of anilines is 1. The van der Waals surface area contributed by atoms with Crippen LogP contribution in [0.5, 0.6) is 0 Å². The molecule has 0 aliphatic carbocycles.